The van der Waals surface area contributed by atoms with Gasteiger partial charge in [-0.25, -0.2) is 4.39 Å². The molecule has 0 bridgehead atoms. The summed E-state index contributed by atoms with van der Waals surface area (Å²) in [6.07, 6.45) is 2.13. The van der Waals surface area contributed by atoms with Crippen LogP contribution < -0.4 is 16.0 Å². The Balaban J connectivity index is 1.66. The van der Waals surface area contributed by atoms with Gasteiger partial charge in [0.05, 0.1) is 6.34 Å². The average Bonchev–Trinajstić information content (AvgIpc) is 2.62. The fourth-order valence-electron chi connectivity index (χ4n) is 3.48. The van der Waals surface area contributed by atoms with Crippen molar-refractivity contribution in [1.29, 1.82) is 0 Å². The van der Waals surface area contributed by atoms with Crippen LogP contribution in [-0.4, -0.2) is 25.2 Å². The first-order valence-electron chi connectivity index (χ1n) is 8.51. The third-order valence-electron chi connectivity index (χ3n) is 4.72. The summed E-state index contributed by atoms with van der Waals surface area (Å²) in [5.41, 5.74) is 4.11. The molecule has 0 aliphatic carbocycles. The Labute approximate surface area is 151 Å². The SMILES string of the molecule is FC1CC(Nc2ccccc2C2N=CNc3ccc(Cl)cc32)CCN1. The van der Waals surface area contributed by atoms with Crippen LogP contribution in [0.15, 0.2) is 47.5 Å². The number of para-hydroxylation sites is 1. The number of benzene rings is 2. The first kappa shape index (κ1) is 16.4. The summed E-state index contributed by atoms with van der Waals surface area (Å²) < 4.78 is 13.6. The maximum Gasteiger partial charge on any atom is 0.153 e. The molecule has 0 saturated carbocycles. The van der Waals surface area contributed by atoms with Crippen molar-refractivity contribution in [2.24, 2.45) is 4.99 Å². The summed E-state index contributed by atoms with van der Waals surface area (Å²) in [7, 11) is 0. The van der Waals surface area contributed by atoms with E-state index in [0.717, 1.165) is 28.9 Å². The van der Waals surface area contributed by atoms with Crippen molar-refractivity contribution in [2.75, 3.05) is 17.2 Å². The lowest BCUT2D eigenvalue weighted by Crippen LogP contribution is -2.40. The van der Waals surface area contributed by atoms with Gasteiger partial charge in [0, 0.05) is 40.0 Å². The van der Waals surface area contributed by atoms with Gasteiger partial charge in [-0.05, 0) is 37.2 Å². The molecule has 1 saturated heterocycles. The Morgan fingerprint density at radius 1 is 1.16 bits per heavy atom. The maximum absolute atomic E-state index is 13.6. The van der Waals surface area contributed by atoms with E-state index in [1.807, 2.05) is 36.4 Å². The van der Waals surface area contributed by atoms with Crippen LogP contribution >= 0.6 is 11.6 Å². The molecule has 2 aliphatic rings. The molecule has 0 radical (unpaired) electrons. The number of nitrogens with one attached hydrogen (secondary N) is 3. The highest BCUT2D eigenvalue weighted by atomic mass is 35.5. The van der Waals surface area contributed by atoms with Gasteiger partial charge in [-0.1, -0.05) is 29.8 Å². The molecular weight excluding hydrogens is 339 g/mol. The van der Waals surface area contributed by atoms with Gasteiger partial charge >= 0.3 is 0 Å². The van der Waals surface area contributed by atoms with Crippen molar-refractivity contribution >= 4 is 29.3 Å². The number of anilines is 2. The number of hydrogen-bond donors (Lipinski definition) is 3. The smallest absolute Gasteiger partial charge is 0.153 e. The molecule has 2 aromatic carbocycles. The fourth-order valence-corrected chi connectivity index (χ4v) is 3.66. The number of piperidine rings is 1. The lowest BCUT2D eigenvalue weighted by atomic mass is 9.94. The minimum absolute atomic E-state index is 0.113. The van der Waals surface area contributed by atoms with Gasteiger partial charge in [0.25, 0.3) is 0 Å². The predicted octanol–water partition coefficient (Wildman–Crippen LogP) is 4.34. The van der Waals surface area contributed by atoms with Crippen LogP contribution in [0, 0.1) is 0 Å². The standard InChI is InChI=1S/C19H20ClFN4/c20-12-5-6-16-15(9-12)19(24-11-23-16)14-3-1-2-4-17(14)25-13-7-8-22-18(21)10-13/h1-6,9,11,13,18-19,22,25H,7-8,10H2,(H,23,24). The van der Waals surface area contributed by atoms with Crippen molar-refractivity contribution in [2.45, 2.75) is 31.2 Å². The van der Waals surface area contributed by atoms with Gasteiger partial charge in [0.15, 0.2) is 6.30 Å². The van der Waals surface area contributed by atoms with Crippen molar-refractivity contribution in [3.8, 4) is 0 Å². The van der Waals surface area contributed by atoms with E-state index in [1.54, 1.807) is 6.34 Å². The molecule has 3 N–H and O–H groups in total. The molecule has 0 amide bonds. The van der Waals surface area contributed by atoms with Crippen molar-refractivity contribution in [3.63, 3.8) is 0 Å². The van der Waals surface area contributed by atoms with Crippen LogP contribution in [0.4, 0.5) is 15.8 Å². The van der Waals surface area contributed by atoms with E-state index < -0.39 is 6.30 Å². The van der Waals surface area contributed by atoms with E-state index in [-0.39, 0.29) is 12.1 Å². The summed E-state index contributed by atoms with van der Waals surface area (Å²) in [4.78, 5) is 4.63. The first-order valence-corrected chi connectivity index (χ1v) is 8.89. The van der Waals surface area contributed by atoms with E-state index in [9.17, 15) is 4.39 Å². The zero-order chi connectivity index (χ0) is 17.2. The molecule has 4 nitrogen and oxygen atoms in total. The number of alkyl halides is 1. The lowest BCUT2D eigenvalue weighted by Gasteiger charge is -2.29. The normalized spacial score (nSPS) is 25.1. The Morgan fingerprint density at radius 2 is 2.04 bits per heavy atom. The Kier molecular flexibility index (Phi) is 4.59. The highest BCUT2D eigenvalue weighted by molar-refractivity contribution is 6.30. The largest absolute Gasteiger partial charge is 0.382 e. The van der Waals surface area contributed by atoms with Crippen LogP contribution in [-0.2, 0) is 0 Å². The molecule has 3 unspecified atom stereocenters. The molecule has 2 heterocycles. The number of aliphatic imine (C=N–C) groups is 1. The first-order chi connectivity index (χ1) is 12.2. The Bertz CT molecular complexity index is 795. The Morgan fingerprint density at radius 3 is 2.92 bits per heavy atom. The second kappa shape index (κ2) is 7.02. The number of hydrogen-bond acceptors (Lipinski definition) is 4. The number of nitrogens with zero attached hydrogens (tertiary/aromatic N) is 1. The fraction of sp³-hybridized carbons (Fsp3) is 0.316. The summed E-state index contributed by atoms with van der Waals surface area (Å²) >= 11 is 6.20. The molecule has 25 heavy (non-hydrogen) atoms. The predicted molar refractivity (Wildman–Crippen MR) is 101 cm³/mol. The zero-order valence-corrected chi connectivity index (χ0v) is 14.4. The van der Waals surface area contributed by atoms with Gasteiger partial charge in [-0.3, -0.25) is 10.3 Å². The molecule has 4 rings (SSSR count). The average molecular weight is 359 g/mol. The third-order valence-corrected chi connectivity index (χ3v) is 4.95. The minimum atomic E-state index is -0.949. The van der Waals surface area contributed by atoms with E-state index in [1.165, 1.54) is 0 Å². The molecule has 130 valence electrons. The van der Waals surface area contributed by atoms with E-state index in [0.29, 0.717) is 18.0 Å². The molecule has 1 fully saturated rings. The van der Waals surface area contributed by atoms with Crippen molar-refractivity contribution in [3.05, 3.63) is 58.6 Å². The number of rotatable bonds is 3. The second-order valence-electron chi connectivity index (χ2n) is 6.43. The van der Waals surface area contributed by atoms with Crippen LogP contribution in [0.25, 0.3) is 0 Å². The summed E-state index contributed by atoms with van der Waals surface area (Å²) in [6.45, 7) is 0.685. The molecule has 6 heteroatoms. The van der Waals surface area contributed by atoms with Gasteiger partial charge in [0.2, 0.25) is 0 Å². The summed E-state index contributed by atoms with van der Waals surface area (Å²) in [6, 6.07) is 13.8. The monoisotopic (exact) mass is 358 g/mol. The van der Waals surface area contributed by atoms with Crippen molar-refractivity contribution in [1.82, 2.24) is 5.32 Å². The second-order valence-corrected chi connectivity index (χ2v) is 6.87. The quantitative estimate of drug-likeness (QED) is 0.715. The van der Waals surface area contributed by atoms with Crippen LogP contribution in [0.2, 0.25) is 5.02 Å². The van der Waals surface area contributed by atoms with Gasteiger partial charge in [0.1, 0.15) is 6.04 Å². The summed E-state index contributed by atoms with van der Waals surface area (Å²) in [5, 5.41) is 10.2. The highest BCUT2D eigenvalue weighted by Gasteiger charge is 2.25. The van der Waals surface area contributed by atoms with E-state index in [4.69, 9.17) is 11.6 Å². The van der Waals surface area contributed by atoms with Crippen LogP contribution in [0.1, 0.15) is 30.0 Å². The van der Waals surface area contributed by atoms with Crippen LogP contribution in [0.3, 0.4) is 0 Å². The minimum Gasteiger partial charge on any atom is -0.382 e. The van der Waals surface area contributed by atoms with Crippen molar-refractivity contribution < 1.29 is 4.39 Å². The van der Waals surface area contributed by atoms with Gasteiger partial charge in [-0.2, -0.15) is 0 Å². The third kappa shape index (κ3) is 3.48. The molecule has 2 aromatic rings. The van der Waals surface area contributed by atoms with E-state index in [2.05, 4.69) is 27.0 Å². The highest BCUT2D eigenvalue weighted by Crippen LogP contribution is 2.38. The van der Waals surface area contributed by atoms with Gasteiger partial charge < -0.3 is 10.6 Å². The molecule has 3 atom stereocenters. The maximum atomic E-state index is 13.6. The number of fused-ring (bicyclic) bond motifs is 1. The Hall–Kier alpha value is -2.11. The number of halogens is 2. The van der Waals surface area contributed by atoms with E-state index >= 15 is 0 Å². The zero-order valence-electron chi connectivity index (χ0n) is 13.7. The molecule has 0 spiro atoms. The van der Waals surface area contributed by atoms with Gasteiger partial charge in [-0.15, -0.1) is 0 Å². The molecule has 2 aliphatic heterocycles. The topological polar surface area (TPSA) is 48.5 Å². The molecule has 0 aromatic heterocycles. The molecular formula is C19H20ClFN4. The lowest BCUT2D eigenvalue weighted by molar-refractivity contribution is 0.213. The van der Waals surface area contributed by atoms with Crippen LogP contribution in [0.5, 0.6) is 0 Å². The summed E-state index contributed by atoms with van der Waals surface area (Å²) in [5.74, 6) is 0.